The van der Waals surface area contributed by atoms with Gasteiger partial charge in [-0.2, -0.15) is 0 Å². The maximum Gasteiger partial charge on any atom is 0.307 e. The summed E-state index contributed by atoms with van der Waals surface area (Å²) < 4.78 is 5.97. The highest BCUT2D eigenvalue weighted by atomic mass is 35.5. The molecule has 0 saturated carbocycles. The predicted molar refractivity (Wildman–Crippen MR) is 106 cm³/mol. The topological polar surface area (TPSA) is 63.6 Å². The summed E-state index contributed by atoms with van der Waals surface area (Å²) in [4.78, 5) is 22.9. The number of carboxylic acids is 1. The van der Waals surface area contributed by atoms with Crippen LogP contribution in [-0.2, 0) is 14.3 Å². The Hall–Kier alpha value is -0.810. The Bertz CT molecular complexity index is 383. The highest BCUT2D eigenvalue weighted by Crippen LogP contribution is 2.13. The summed E-state index contributed by atoms with van der Waals surface area (Å²) in [6, 6.07) is 0. The number of hydrogen-bond donors (Lipinski definition) is 1. The molecular formula is C21H42ClNO4. The smallest absolute Gasteiger partial charge is 0.307 e. The van der Waals surface area contributed by atoms with Gasteiger partial charge in [0.1, 0.15) is 6.54 Å². The summed E-state index contributed by atoms with van der Waals surface area (Å²) in [6.07, 6.45) is 13.4. The van der Waals surface area contributed by atoms with E-state index in [1.807, 2.05) is 21.1 Å². The fraction of sp³-hybridized carbons (Fsp3) is 0.905. The molecule has 6 heteroatoms. The summed E-state index contributed by atoms with van der Waals surface area (Å²) in [5, 5.41) is 8.97. The van der Waals surface area contributed by atoms with Crippen LogP contribution >= 0.6 is 0 Å². The van der Waals surface area contributed by atoms with Gasteiger partial charge in [0.2, 0.25) is 0 Å². The molecule has 162 valence electrons. The molecule has 0 rings (SSSR count). The number of halogens is 1. The predicted octanol–water partition coefficient (Wildman–Crippen LogP) is 1.78. The molecule has 1 N–H and O–H groups in total. The zero-order chi connectivity index (χ0) is 19.8. The van der Waals surface area contributed by atoms with Crippen LogP contribution in [0.3, 0.4) is 0 Å². The third-order valence-electron chi connectivity index (χ3n) is 4.44. The van der Waals surface area contributed by atoms with E-state index in [-0.39, 0.29) is 24.8 Å². The average molecular weight is 408 g/mol. The quantitative estimate of drug-likeness (QED) is 0.227. The second-order valence-electron chi connectivity index (χ2n) is 8.47. The van der Waals surface area contributed by atoms with Crippen LogP contribution in [0, 0.1) is 0 Å². The Balaban J connectivity index is 0. The number of unbranched alkanes of at least 4 members (excludes halogenated alkanes) is 10. The van der Waals surface area contributed by atoms with Gasteiger partial charge in [-0.15, -0.1) is 0 Å². The van der Waals surface area contributed by atoms with E-state index in [9.17, 15) is 9.59 Å². The van der Waals surface area contributed by atoms with Crippen LogP contribution < -0.4 is 12.4 Å². The molecule has 0 radical (unpaired) electrons. The van der Waals surface area contributed by atoms with Crippen LogP contribution in [0.1, 0.15) is 90.4 Å². The molecule has 1 atom stereocenters. The van der Waals surface area contributed by atoms with Crippen LogP contribution in [0.25, 0.3) is 0 Å². The molecule has 0 aromatic rings. The number of carbonyl (C=O) groups is 2. The molecule has 0 bridgehead atoms. The number of carboxylic acid groups (broad SMARTS) is 1. The van der Waals surface area contributed by atoms with Gasteiger partial charge in [0, 0.05) is 6.42 Å². The van der Waals surface area contributed by atoms with Gasteiger partial charge in [-0.3, -0.25) is 9.59 Å². The van der Waals surface area contributed by atoms with Crippen molar-refractivity contribution in [3.8, 4) is 0 Å². The third-order valence-corrected chi connectivity index (χ3v) is 4.44. The van der Waals surface area contributed by atoms with E-state index in [0.29, 0.717) is 17.4 Å². The summed E-state index contributed by atoms with van der Waals surface area (Å²) in [5.74, 6) is -1.19. The molecule has 0 amide bonds. The van der Waals surface area contributed by atoms with Crippen molar-refractivity contribution in [2.75, 3.05) is 27.7 Å². The van der Waals surface area contributed by atoms with E-state index in [2.05, 4.69) is 6.92 Å². The average Bonchev–Trinajstić information content (AvgIpc) is 2.50. The molecule has 0 fully saturated rings. The van der Waals surface area contributed by atoms with Crippen LogP contribution in [-0.4, -0.2) is 55.3 Å². The molecule has 0 aromatic carbocycles. The van der Waals surface area contributed by atoms with Gasteiger partial charge in [0.15, 0.2) is 6.10 Å². The van der Waals surface area contributed by atoms with Gasteiger partial charge in [0.25, 0.3) is 0 Å². The first kappa shape index (κ1) is 28.4. The lowest BCUT2D eigenvalue weighted by Crippen LogP contribution is -3.00. The van der Waals surface area contributed by atoms with E-state index < -0.39 is 12.1 Å². The Morgan fingerprint density at radius 1 is 0.852 bits per heavy atom. The SMILES string of the molecule is CCCCCCCCCCCCCC(=O)OC(CC(=O)O)C[N+](C)(C)C.[Cl-]. The van der Waals surface area contributed by atoms with Crippen LogP contribution in [0.2, 0.25) is 0 Å². The third kappa shape index (κ3) is 21.3. The molecule has 0 heterocycles. The maximum atomic E-state index is 12.0. The summed E-state index contributed by atoms with van der Waals surface area (Å²) in [7, 11) is 5.89. The largest absolute Gasteiger partial charge is 1.00 e. The minimum atomic E-state index is -0.925. The first-order valence-electron chi connectivity index (χ1n) is 10.5. The second-order valence-corrected chi connectivity index (χ2v) is 8.47. The Morgan fingerprint density at radius 2 is 1.30 bits per heavy atom. The molecule has 0 aliphatic carbocycles. The zero-order valence-electron chi connectivity index (χ0n) is 18.0. The standard InChI is InChI=1S/C21H41NO4.ClH/c1-5-6-7-8-9-10-11-12-13-14-15-16-21(25)26-19(17-20(23)24)18-22(2,3)4;/h19H,5-18H2,1-4H3;1H. The molecule has 0 aliphatic rings. The normalized spacial score (nSPS) is 12.3. The van der Waals surface area contributed by atoms with Crippen molar-refractivity contribution in [1.82, 2.24) is 0 Å². The van der Waals surface area contributed by atoms with Crippen molar-refractivity contribution in [3.05, 3.63) is 0 Å². The molecule has 27 heavy (non-hydrogen) atoms. The lowest BCUT2D eigenvalue weighted by atomic mass is 10.1. The first-order chi connectivity index (χ1) is 12.2. The number of rotatable bonds is 17. The lowest BCUT2D eigenvalue weighted by molar-refractivity contribution is -0.873. The highest BCUT2D eigenvalue weighted by Gasteiger charge is 2.24. The number of carbonyl (C=O) groups excluding carboxylic acids is 1. The van der Waals surface area contributed by atoms with Gasteiger partial charge in [-0.1, -0.05) is 71.1 Å². The maximum absolute atomic E-state index is 12.0. The number of esters is 1. The minimum Gasteiger partial charge on any atom is -1.00 e. The van der Waals surface area contributed by atoms with Crippen molar-refractivity contribution in [1.29, 1.82) is 0 Å². The van der Waals surface area contributed by atoms with Crippen molar-refractivity contribution in [2.24, 2.45) is 0 Å². The van der Waals surface area contributed by atoms with Crippen molar-refractivity contribution >= 4 is 11.9 Å². The van der Waals surface area contributed by atoms with Crippen molar-refractivity contribution < 1.29 is 36.3 Å². The molecule has 0 spiro atoms. The Labute approximate surface area is 172 Å². The van der Waals surface area contributed by atoms with Gasteiger partial charge < -0.3 is 26.7 Å². The number of hydrogen-bond acceptors (Lipinski definition) is 3. The van der Waals surface area contributed by atoms with Crippen LogP contribution in [0.15, 0.2) is 0 Å². The van der Waals surface area contributed by atoms with Crippen molar-refractivity contribution in [2.45, 2.75) is 96.5 Å². The van der Waals surface area contributed by atoms with E-state index >= 15 is 0 Å². The van der Waals surface area contributed by atoms with Crippen molar-refractivity contribution in [3.63, 3.8) is 0 Å². The second kappa shape index (κ2) is 17.3. The number of aliphatic carboxylic acids is 1. The molecule has 0 saturated heterocycles. The van der Waals surface area contributed by atoms with Gasteiger partial charge in [0.05, 0.1) is 27.6 Å². The number of ether oxygens (including phenoxy) is 1. The molecular weight excluding hydrogens is 366 g/mol. The van der Waals surface area contributed by atoms with Gasteiger partial charge in [-0.05, 0) is 6.42 Å². The van der Waals surface area contributed by atoms with Crippen LogP contribution in [0.4, 0.5) is 0 Å². The Morgan fingerprint density at radius 3 is 1.70 bits per heavy atom. The molecule has 0 aliphatic heterocycles. The van der Waals surface area contributed by atoms with E-state index in [0.717, 1.165) is 12.8 Å². The van der Waals surface area contributed by atoms with Gasteiger partial charge >= 0.3 is 11.9 Å². The summed E-state index contributed by atoms with van der Waals surface area (Å²) in [6.45, 7) is 2.75. The molecule has 0 aromatic heterocycles. The molecule has 1 unspecified atom stereocenters. The zero-order valence-corrected chi connectivity index (χ0v) is 18.7. The fourth-order valence-corrected chi connectivity index (χ4v) is 3.13. The van der Waals surface area contributed by atoms with E-state index in [1.54, 1.807) is 0 Å². The van der Waals surface area contributed by atoms with E-state index in [4.69, 9.17) is 9.84 Å². The molecule has 5 nitrogen and oxygen atoms in total. The minimum absolute atomic E-state index is 0. The Kier molecular flexibility index (Phi) is 18.2. The first-order valence-corrected chi connectivity index (χ1v) is 10.5. The van der Waals surface area contributed by atoms with Gasteiger partial charge in [-0.25, -0.2) is 0 Å². The fourth-order valence-electron chi connectivity index (χ4n) is 3.13. The summed E-state index contributed by atoms with van der Waals surface area (Å²) >= 11 is 0. The monoisotopic (exact) mass is 407 g/mol. The van der Waals surface area contributed by atoms with E-state index in [1.165, 1.54) is 57.8 Å². The highest BCUT2D eigenvalue weighted by molar-refractivity contribution is 5.71. The van der Waals surface area contributed by atoms with Crippen LogP contribution in [0.5, 0.6) is 0 Å². The number of likely N-dealkylation sites (N-methyl/N-ethyl adjacent to an activating group) is 1. The number of quaternary nitrogens is 1. The number of nitrogens with zero attached hydrogens (tertiary/aromatic N) is 1. The summed E-state index contributed by atoms with van der Waals surface area (Å²) in [5.41, 5.74) is 0. The lowest BCUT2D eigenvalue weighted by Gasteiger charge is -2.28.